The van der Waals surface area contributed by atoms with Gasteiger partial charge in [-0.1, -0.05) is 37.6 Å². The van der Waals surface area contributed by atoms with Crippen molar-refractivity contribution in [2.75, 3.05) is 13.2 Å². The summed E-state index contributed by atoms with van der Waals surface area (Å²) in [4.78, 5) is 9.27. The second-order valence-corrected chi connectivity index (χ2v) is 2.71. The van der Waals surface area contributed by atoms with E-state index in [1.54, 1.807) is 0 Å². The van der Waals surface area contributed by atoms with Crippen LogP contribution >= 0.6 is 0 Å². The van der Waals surface area contributed by atoms with Gasteiger partial charge in [-0.3, -0.25) is 0 Å². The molecule has 0 rings (SSSR count). The molecule has 0 spiro atoms. The van der Waals surface area contributed by atoms with Crippen molar-refractivity contribution in [2.24, 2.45) is 0 Å². The van der Waals surface area contributed by atoms with Gasteiger partial charge in [0.2, 0.25) is 0 Å². The Morgan fingerprint density at radius 2 is 1.58 bits per heavy atom. The molecule has 0 aromatic carbocycles. The smallest absolute Gasteiger partial charge is 0.0853 e. The third kappa shape index (κ3) is 9.88. The first-order chi connectivity index (χ1) is 5.91. The Bertz CT molecular complexity index is 66.2. The number of unbranched alkanes of at least 4 members (excludes halogenated alkanes) is 4. The molecule has 0 bridgehead atoms. The summed E-state index contributed by atoms with van der Waals surface area (Å²) in [6.45, 7) is 5.21. The fourth-order valence-electron chi connectivity index (χ4n) is 0.881. The van der Waals surface area contributed by atoms with Crippen molar-refractivity contribution in [1.82, 2.24) is 0 Å². The minimum absolute atomic E-state index is 0.524. The van der Waals surface area contributed by atoms with Crippen LogP contribution in [0.25, 0.3) is 0 Å². The standard InChI is InChI=1S/C9H20O3/c1-3-5-6-7-8-9-11-12-10-4-2/h3-9H2,1-2H3. The van der Waals surface area contributed by atoms with E-state index in [0.29, 0.717) is 13.2 Å². The minimum Gasteiger partial charge on any atom is -0.206 e. The topological polar surface area (TPSA) is 27.7 Å². The van der Waals surface area contributed by atoms with E-state index in [0.717, 1.165) is 6.42 Å². The molecule has 3 nitrogen and oxygen atoms in total. The Balaban J connectivity index is 2.73. The zero-order chi connectivity index (χ0) is 9.07. The number of rotatable bonds is 9. The lowest BCUT2D eigenvalue weighted by Gasteiger charge is -2.00. The zero-order valence-electron chi connectivity index (χ0n) is 8.17. The summed E-state index contributed by atoms with van der Waals surface area (Å²) in [6.07, 6.45) is 6.13. The second kappa shape index (κ2) is 10.9. The zero-order valence-corrected chi connectivity index (χ0v) is 8.17. The average molecular weight is 176 g/mol. The van der Waals surface area contributed by atoms with Crippen molar-refractivity contribution in [2.45, 2.75) is 46.0 Å². The number of hydrogen-bond acceptors (Lipinski definition) is 3. The Kier molecular flexibility index (Phi) is 10.8. The quantitative estimate of drug-likeness (QED) is 0.307. The van der Waals surface area contributed by atoms with Gasteiger partial charge >= 0.3 is 0 Å². The molecule has 0 aromatic heterocycles. The molecule has 0 saturated heterocycles. The van der Waals surface area contributed by atoms with Gasteiger partial charge in [0.05, 0.1) is 13.2 Å². The summed E-state index contributed by atoms with van der Waals surface area (Å²) >= 11 is 0. The highest BCUT2D eigenvalue weighted by Crippen LogP contribution is 2.02. The van der Waals surface area contributed by atoms with Gasteiger partial charge in [-0.15, -0.1) is 0 Å². The monoisotopic (exact) mass is 176 g/mol. The van der Waals surface area contributed by atoms with Crippen molar-refractivity contribution in [3.05, 3.63) is 0 Å². The van der Waals surface area contributed by atoms with Crippen molar-refractivity contribution in [1.29, 1.82) is 0 Å². The summed E-state index contributed by atoms with van der Waals surface area (Å²) < 4.78 is 0. The van der Waals surface area contributed by atoms with Crippen LogP contribution in [0, 0.1) is 0 Å². The van der Waals surface area contributed by atoms with Gasteiger partial charge in [-0.05, 0) is 13.3 Å². The SMILES string of the molecule is CCCCCCCOOOCC. The maximum Gasteiger partial charge on any atom is 0.0853 e. The van der Waals surface area contributed by atoms with Crippen LogP contribution in [0.4, 0.5) is 0 Å². The summed E-state index contributed by atoms with van der Waals surface area (Å²) in [5.41, 5.74) is 0. The molecule has 0 N–H and O–H groups in total. The first kappa shape index (κ1) is 11.9. The van der Waals surface area contributed by atoms with Crippen LogP contribution in [-0.2, 0) is 14.8 Å². The first-order valence-electron chi connectivity index (χ1n) is 4.82. The van der Waals surface area contributed by atoms with Gasteiger partial charge < -0.3 is 0 Å². The third-order valence-corrected chi connectivity index (χ3v) is 1.55. The van der Waals surface area contributed by atoms with Crippen molar-refractivity contribution in [3.8, 4) is 0 Å². The molecule has 0 heterocycles. The Hall–Kier alpha value is -0.120. The number of hydrogen-bond donors (Lipinski definition) is 0. The molecule has 0 aliphatic heterocycles. The van der Waals surface area contributed by atoms with Crippen LogP contribution in [0.3, 0.4) is 0 Å². The van der Waals surface area contributed by atoms with Crippen LogP contribution in [0.2, 0.25) is 0 Å². The van der Waals surface area contributed by atoms with Gasteiger partial charge in [0.1, 0.15) is 0 Å². The fraction of sp³-hybridized carbons (Fsp3) is 1.00. The molecular formula is C9H20O3. The Morgan fingerprint density at radius 3 is 2.25 bits per heavy atom. The molecule has 0 saturated carbocycles. The highest BCUT2D eigenvalue weighted by molar-refractivity contribution is 4.39. The molecule has 0 aliphatic rings. The Labute approximate surface area is 74.9 Å². The second-order valence-electron chi connectivity index (χ2n) is 2.71. The highest BCUT2D eigenvalue weighted by Gasteiger charge is 1.90. The van der Waals surface area contributed by atoms with E-state index in [1.807, 2.05) is 6.92 Å². The largest absolute Gasteiger partial charge is 0.206 e. The maximum absolute atomic E-state index is 4.73. The van der Waals surface area contributed by atoms with Gasteiger partial charge in [0, 0.05) is 0 Å². The van der Waals surface area contributed by atoms with Crippen LogP contribution in [0.1, 0.15) is 46.0 Å². The van der Waals surface area contributed by atoms with E-state index in [9.17, 15) is 0 Å². The van der Waals surface area contributed by atoms with E-state index in [4.69, 9.17) is 4.89 Å². The minimum atomic E-state index is 0.524. The fourth-order valence-corrected chi connectivity index (χ4v) is 0.881. The van der Waals surface area contributed by atoms with E-state index < -0.39 is 0 Å². The molecule has 0 radical (unpaired) electrons. The summed E-state index contributed by atoms with van der Waals surface area (Å²) in [7, 11) is 0. The van der Waals surface area contributed by atoms with Crippen molar-refractivity contribution >= 4 is 0 Å². The van der Waals surface area contributed by atoms with Gasteiger partial charge in [0.15, 0.2) is 0 Å². The maximum atomic E-state index is 4.73. The van der Waals surface area contributed by atoms with E-state index in [-0.39, 0.29) is 0 Å². The van der Waals surface area contributed by atoms with Crippen LogP contribution in [0.5, 0.6) is 0 Å². The van der Waals surface area contributed by atoms with Crippen molar-refractivity contribution in [3.63, 3.8) is 0 Å². The molecule has 0 fully saturated rings. The van der Waals surface area contributed by atoms with Gasteiger partial charge in [0.25, 0.3) is 0 Å². The predicted molar refractivity (Wildman–Crippen MR) is 47.4 cm³/mol. The molecule has 74 valence electrons. The van der Waals surface area contributed by atoms with Crippen LogP contribution < -0.4 is 0 Å². The third-order valence-electron chi connectivity index (χ3n) is 1.55. The molecule has 0 atom stereocenters. The van der Waals surface area contributed by atoms with Crippen molar-refractivity contribution < 1.29 is 14.8 Å². The molecule has 3 heteroatoms. The van der Waals surface area contributed by atoms with E-state index >= 15 is 0 Å². The first-order valence-corrected chi connectivity index (χ1v) is 4.82. The van der Waals surface area contributed by atoms with E-state index in [1.165, 1.54) is 25.7 Å². The summed E-state index contributed by atoms with van der Waals surface area (Å²) in [6, 6.07) is 0. The van der Waals surface area contributed by atoms with Gasteiger partial charge in [-0.2, -0.15) is 0 Å². The molecule has 12 heavy (non-hydrogen) atoms. The van der Waals surface area contributed by atoms with E-state index in [2.05, 4.69) is 16.8 Å². The summed E-state index contributed by atoms with van der Waals surface area (Å²) in [5, 5.41) is 4.39. The summed E-state index contributed by atoms with van der Waals surface area (Å²) in [5.74, 6) is 0. The lowest BCUT2D eigenvalue weighted by Crippen LogP contribution is -1.97. The van der Waals surface area contributed by atoms with Crippen LogP contribution in [-0.4, -0.2) is 13.2 Å². The highest BCUT2D eigenvalue weighted by atomic mass is 17.5. The Morgan fingerprint density at radius 1 is 0.833 bits per heavy atom. The lowest BCUT2D eigenvalue weighted by molar-refractivity contribution is -0.511. The molecular weight excluding hydrogens is 156 g/mol. The predicted octanol–water partition coefficient (Wildman–Crippen LogP) is 2.86. The average Bonchev–Trinajstić information content (AvgIpc) is 2.10. The molecule has 0 amide bonds. The normalized spacial score (nSPS) is 10.5. The molecule has 0 unspecified atom stereocenters. The molecule has 0 aliphatic carbocycles. The molecule has 0 aromatic rings. The van der Waals surface area contributed by atoms with Gasteiger partial charge in [-0.25, -0.2) is 9.78 Å². The lowest BCUT2D eigenvalue weighted by atomic mass is 10.2. The van der Waals surface area contributed by atoms with Crippen LogP contribution in [0.15, 0.2) is 0 Å².